The Hall–Kier alpha value is 0.0400. The van der Waals surface area contributed by atoms with E-state index >= 15 is 0 Å². The number of halogens is 2. The van der Waals surface area contributed by atoms with Crippen molar-refractivity contribution in [2.75, 3.05) is 0 Å². The van der Waals surface area contributed by atoms with Crippen LogP contribution in [-0.2, 0) is 6.42 Å². The first-order chi connectivity index (χ1) is 4.74. The molecule has 1 rings (SSSR count). The van der Waals surface area contributed by atoms with Crippen LogP contribution < -0.4 is 0 Å². The fourth-order valence-electron chi connectivity index (χ4n) is 0.770. The third kappa shape index (κ3) is 2.87. The zero-order valence-corrected chi connectivity index (χ0v) is 9.15. The van der Waals surface area contributed by atoms with Crippen molar-refractivity contribution in [2.45, 2.75) is 13.3 Å². The van der Waals surface area contributed by atoms with E-state index in [-0.39, 0.29) is 12.4 Å². The number of benzene rings is 1. The molecule has 0 aliphatic heterocycles. The first-order valence-electron chi connectivity index (χ1n) is 3.21. The zero-order chi connectivity index (χ0) is 7.56. The lowest BCUT2D eigenvalue weighted by Gasteiger charge is -1.98. The maximum Gasteiger partial charge on any atom is 0.128 e. The topological polar surface area (TPSA) is 20.2 Å². The highest BCUT2D eigenvalue weighted by Gasteiger charge is 1.95. The highest BCUT2D eigenvalue weighted by molar-refractivity contribution is 14.1. The molecule has 0 saturated heterocycles. The molecular weight excluding hydrogens is 274 g/mol. The summed E-state index contributed by atoms with van der Waals surface area (Å²) in [5.41, 5.74) is 1.27. The smallest absolute Gasteiger partial charge is 0.128 e. The Labute approximate surface area is 86.4 Å². The molecule has 1 aromatic rings. The van der Waals surface area contributed by atoms with Crippen molar-refractivity contribution in [2.24, 2.45) is 0 Å². The Bertz CT molecular complexity index is 238. The molecule has 0 spiro atoms. The highest BCUT2D eigenvalue weighted by Crippen LogP contribution is 2.20. The number of rotatable bonds is 1. The molecule has 1 nitrogen and oxygen atoms in total. The molecule has 0 aliphatic rings. The van der Waals surface area contributed by atoms with E-state index in [9.17, 15) is 0 Å². The monoisotopic (exact) mass is 284 g/mol. The molecule has 3 heteroatoms. The van der Waals surface area contributed by atoms with Gasteiger partial charge in [0, 0.05) is 0 Å². The van der Waals surface area contributed by atoms with Crippen LogP contribution in [0.4, 0.5) is 0 Å². The Morgan fingerprint density at radius 2 is 2.09 bits per heavy atom. The zero-order valence-electron chi connectivity index (χ0n) is 6.17. The van der Waals surface area contributed by atoms with Gasteiger partial charge in [0.25, 0.3) is 0 Å². The maximum absolute atomic E-state index is 9.13. The fraction of sp³-hybridized carbons (Fsp3) is 0.250. The predicted molar refractivity (Wildman–Crippen MR) is 57.4 cm³/mol. The van der Waals surface area contributed by atoms with Gasteiger partial charge >= 0.3 is 0 Å². The van der Waals surface area contributed by atoms with Gasteiger partial charge in [-0.1, -0.05) is 13.0 Å². The third-order valence-electron chi connectivity index (χ3n) is 1.42. The molecule has 0 saturated carbocycles. The van der Waals surface area contributed by atoms with Crippen molar-refractivity contribution < 1.29 is 5.11 Å². The molecule has 0 aliphatic carbocycles. The second kappa shape index (κ2) is 4.83. The summed E-state index contributed by atoms with van der Waals surface area (Å²) in [6.45, 7) is 2.10. The second-order valence-electron chi connectivity index (χ2n) is 2.14. The van der Waals surface area contributed by atoms with E-state index in [0.29, 0.717) is 5.75 Å². The van der Waals surface area contributed by atoms with E-state index in [1.807, 2.05) is 12.1 Å². The average molecular weight is 285 g/mol. The van der Waals surface area contributed by atoms with Gasteiger partial charge in [-0.15, -0.1) is 12.4 Å². The quantitative estimate of drug-likeness (QED) is 0.786. The van der Waals surface area contributed by atoms with Crippen LogP contribution in [0.1, 0.15) is 12.5 Å². The molecule has 0 radical (unpaired) electrons. The molecule has 62 valence electrons. The van der Waals surface area contributed by atoms with E-state index in [4.69, 9.17) is 5.11 Å². The van der Waals surface area contributed by atoms with Crippen molar-refractivity contribution in [3.63, 3.8) is 0 Å². The largest absolute Gasteiger partial charge is 0.507 e. The summed E-state index contributed by atoms with van der Waals surface area (Å²) in [5.74, 6) is 0.373. The molecule has 0 heterocycles. The molecule has 0 atom stereocenters. The molecular formula is C8H10ClIO. The van der Waals surface area contributed by atoms with Crippen molar-refractivity contribution >= 4 is 35.0 Å². The summed E-state index contributed by atoms with van der Waals surface area (Å²) in [6.07, 6.45) is 1.02. The van der Waals surface area contributed by atoms with Crippen molar-refractivity contribution in [1.29, 1.82) is 0 Å². The Morgan fingerprint density at radius 3 is 2.55 bits per heavy atom. The van der Waals surface area contributed by atoms with Gasteiger partial charge in [0.05, 0.1) is 3.57 Å². The van der Waals surface area contributed by atoms with Crippen LogP contribution >= 0.6 is 35.0 Å². The van der Waals surface area contributed by atoms with Crippen molar-refractivity contribution in [3.8, 4) is 5.75 Å². The minimum absolute atomic E-state index is 0. The maximum atomic E-state index is 9.13. The number of hydrogen-bond acceptors (Lipinski definition) is 1. The predicted octanol–water partition coefficient (Wildman–Crippen LogP) is 2.98. The van der Waals surface area contributed by atoms with Gasteiger partial charge in [0.1, 0.15) is 5.75 Å². The van der Waals surface area contributed by atoms with Crippen LogP contribution in [0.2, 0.25) is 0 Å². The van der Waals surface area contributed by atoms with Gasteiger partial charge in [0.2, 0.25) is 0 Å². The summed E-state index contributed by atoms with van der Waals surface area (Å²) in [6, 6.07) is 5.67. The normalized spacial score (nSPS) is 8.91. The molecule has 0 amide bonds. The highest BCUT2D eigenvalue weighted by atomic mass is 127. The summed E-state index contributed by atoms with van der Waals surface area (Å²) < 4.78 is 0.928. The first-order valence-corrected chi connectivity index (χ1v) is 4.29. The van der Waals surface area contributed by atoms with Crippen LogP contribution in [0.15, 0.2) is 18.2 Å². The van der Waals surface area contributed by atoms with Crippen LogP contribution in [-0.4, -0.2) is 5.11 Å². The van der Waals surface area contributed by atoms with Crippen molar-refractivity contribution in [1.82, 2.24) is 0 Å². The van der Waals surface area contributed by atoms with Crippen LogP contribution in [0.25, 0.3) is 0 Å². The summed E-state index contributed by atoms with van der Waals surface area (Å²) >= 11 is 2.12. The van der Waals surface area contributed by atoms with Crippen LogP contribution in [0.5, 0.6) is 5.75 Å². The minimum Gasteiger partial charge on any atom is -0.507 e. The minimum atomic E-state index is 0. The van der Waals surface area contributed by atoms with Gasteiger partial charge in [-0.3, -0.25) is 0 Å². The lowest BCUT2D eigenvalue weighted by atomic mass is 10.2. The van der Waals surface area contributed by atoms with Gasteiger partial charge in [-0.2, -0.15) is 0 Å². The summed E-state index contributed by atoms with van der Waals surface area (Å²) in [5, 5.41) is 9.13. The van der Waals surface area contributed by atoms with E-state index < -0.39 is 0 Å². The van der Waals surface area contributed by atoms with Gasteiger partial charge in [-0.25, -0.2) is 0 Å². The average Bonchev–Trinajstić information content (AvgIpc) is 1.95. The molecule has 1 N–H and O–H groups in total. The SMILES string of the molecule is CCc1ccc(O)c(I)c1.Cl. The van der Waals surface area contributed by atoms with Crippen LogP contribution in [0.3, 0.4) is 0 Å². The van der Waals surface area contributed by atoms with Crippen molar-refractivity contribution in [3.05, 3.63) is 27.3 Å². The Morgan fingerprint density at radius 1 is 1.45 bits per heavy atom. The standard InChI is InChI=1S/C8H9IO.ClH/c1-2-6-3-4-8(10)7(9)5-6;/h3-5,10H,2H2,1H3;1H. The van der Waals surface area contributed by atoms with E-state index in [1.165, 1.54) is 5.56 Å². The lowest BCUT2D eigenvalue weighted by molar-refractivity contribution is 0.471. The van der Waals surface area contributed by atoms with Gasteiger partial charge in [0.15, 0.2) is 0 Å². The van der Waals surface area contributed by atoms with Gasteiger partial charge in [-0.05, 0) is 46.7 Å². The summed E-state index contributed by atoms with van der Waals surface area (Å²) in [4.78, 5) is 0. The molecule has 0 bridgehead atoms. The summed E-state index contributed by atoms with van der Waals surface area (Å²) in [7, 11) is 0. The number of hydrogen-bond donors (Lipinski definition) is 1. The number of phenolic OH excluding ortho intramolecular Hbond substituents is 1. The Balaban J connectivity index is 0.000001000. The molecule has 0 unspecified atom stereocenters. The van der Waals surface area contributed by atoms with Gasteiger partial charge < -0.3 is 5.11 Å². The second-order valence-corrected chi connectivity index (χ2v) is 3.30. The molecule has 1 aromatic carbocycles. The lowest BCUT2D eigenvalue weighted by Crippen LogP contribution is -1.80. The molecule has 11 heavy (non-hydrogen) atoms. The molecule has 0 fully saturated rings. The fourth-order valence-corrected chi connectivity index (χ4v) is 1.35. The third-order valence-corrected chi connectivity index (χ3v) is 2.28. The van der Waals surface area contributed by atoms with E-state index in [1.54, 1.807) is 6.07 Å². The van der Waals surface area contributed by atoms with Crippen LogP contribution in [0, 0.1) is 3.57 Å². The Kier molecular flexibility index (Phi) is 4.84. The first kappa shape index (κ1) is 11.0. The van der Waals surface area contributed by atoms with E-state index in [2.05, 4.69) is 29.5 Å². The number of aromatic hydroxyl groups is 1. The van der Waals surface area contributed by atoms with E-state index in [0.717, 1.165) is 9.99 Å². The molecule has 0 aromatic heterocycles. The number of phenols is 1. The number of aryl methyl sites for hydroxylation is 1.